The second-order valence-corrected chi connectivity index (χ2v) is 8.36. The number of fused-ring (bicyclic) bond motifs is 1. The van der Waals surface area contributed by atoms with Gasteiger partial charge in [-0.2, -0.15) is 4.31 Å². The molecule has 0 bridgehead atoms. The Morgan fingerprint density at radius 1 is 1.00 bits per heavy atom. The minimum atomic E-state index is -3.52. The molecular formula is C20H23NO4S. The van der Waals surface area contributed by atoms with Crippen LogP contribution in [0.25, 0.3) is 6.08 Å². The molecule has 0 aromatic heterocycles. The summed E-state index contributed by atoms with van der Waals surface area (Å²) in [5.74, 6) is 1.20. The molecule has 0 fully saturated rings. The van der Waals surface area contributed by atoms with Crippen molar-refractivity contribution in [1.82, 2.24) is 4.31 Å². The first-order valence-electron chi connectivity index (χ1n) is 8.41. The van der Waals surface area contributed by atoms with Crippen molar-refractivity contribution in [3.05, 3.63) is 64.1 Å². The Balaban J connectivity index is 1.83. The third-order valence-corrected chi connectivity index (χ3v) is 6.54. The Morgan fingerprint density at radius 2 is 1.73 bits per heavy atom. The van der Waals surface area contributed by atoms with Crippen LogP contribution < -0.4 is 9.47 Å². The Labute approximate surface area is 154 Å². The van der Waals surface area contributed by atoms with E-state index in [2.05, 4.69) is 0 Å². The van der Waals surface area contributed by atoms with E-state index in [1.807, 2.05) is 30.3 Å². The van der Waals surface area contributed by atoms with E-state index in [-0.39, 0.29) is 6.54 Å². The molecule has 2 aromatic carbocycles. The average molecular weight is 373 g/mol. The van der Waals surface area contributed by atoms with Crippen LogP contribution >= 0.6 is 0 Å². The van der Waals surface area contributed by atoms with Crippen LogP contribution in [0.2, 0.25) is 0 Å². The number of sulfonamides is 1. The van der Waals surface area contributed by atoms with Gasteiger partial charge in [0.15, 0.2) is 11.5 Å². The van der Waals surface area contributed by atoms with E-state index in [0.29, 0.717) is 22.8 Å². The number of hydrogen-bond donors (Lipinski definition) is 0. The van der Waals surface area contributed by atoms with Crippen molar-refractivity contribution < 1.29 is 17.9 Å². The van der Waals surface area contributed by atoms with Crippen molar-refractivity contribution in [2.75, 3.05) is 21.3 Å². The maximum Gasteiger partial charge on any atom is 0.239 e. The Hall–Kier alpha value is -2.31. The summed E-state index contributed by atoms with van der Waals surface area (Å²) in [6, 6.07) is 13.3. The van der Waals surface area contributed by atoms with Crippen molar-refractivity contribution in [1.29, 1.82) is 0 Å². The predicted octanol–water partition coefficient (Wildman–Crippen LogP) is 3.45. The highest BCUT2D eigenvalue weighted by Crippen LogP contribution is 2.31. The van der Waals surface area contributed by atoms with Gasteiger partial charge < -0.3 is 9.47 Å². The van der Waals surface area contributed by atoms with E-state index in [1.54, 1.807) is 39.5 Å². The molecule has 0 radical (unpaired) electrons. The van der Waals surface area contributed by atoms with E-state index in [0.717, 1.165) is 17.5 Å². The number of aryl methyl sites for hydroxylation is 1. The Kier molecular flexibility index (Phi) is 5.34. The molecule has 1 aliphatic rings. The minimum absolute atomic E-state index is 0.266. The summed E-state index contributed by atoms with van der Waals surface area (Å²) in [4.78, 5) is 0.458. The lowest BCUT2D eigenvalue weighted by molar-refractivity contribution is 0.354. The molecular weight excluding hydrogens is 350 g/mol. The van der Waals surface area contributed by atoms with Gasteiger partial charge >= 0.3 is 0 Å². The Bertz CT molecular complexity index is 935. The zero-order valence-corrected chi connectivity index (χ0v) is 16.0. The Morgan fingerprint density at radius 3 is 2.46 bits per heavy atom. The van der Waals surface area contributed by atoms with Gasteiger partial charge in [0.25, 0.3) is 0 Å². The van der Waals surface area contributed by atoms with Gasteiger partial charge in [-0.3, -0.25) is 0 Å². The zero-order valence-electron chi connectivity index (χ0n) is 15.2. The molecule has 3 rings (SSSR count). The van der Waals surface area contributed by atoms with Crippen molar-refractivity contribution in [3.63, 3.8) is 0 Å². The monoisotopic (exact) mass is 373 g/mol. The van der Waals surface area contributed by atoms with Crippen LogP contribution in [0.3, 0.4) is 0 Å². The number of allylic oxidation sites excluding steroid dienone is 1. The van der Waals surface area contributed by atoms with Gasteiger partial charge in [-0.15, -0.1) is 0 Å². The summed E-state index contributed by atoms with van der Waals surface area (Å²) in [7, 11) is 1.22. The maximum atomic E-state index is 13.0. The minimum Gasteiger partial charge on any atom is -0.493 e. The molecule has 26 heavy (non-hydrogen) atoms. The van der Waals surface area contributed by atoms with Crippen LogP contribution in [-0.2, 0) is 23.0 Å². The molecule has 0 aliphatic heterocycles. The molecule has 6 heteroatoms. The van der Waals surface area contributed by atoms with Gasteiger partial charge in [0.1, 0.15) is 0 Å². The first kappa shape index (κ1) is 18.5. The second-order valence-electron chi connectivity index (χ2n) is 6.26. The van der Waals surface area contributed by atoms with Crippen molar-refractivity contribution >= 4 is 16.1 Å². The molecule has 1 aliphatic carbocycles. The van der Waals surface area contributed by atoms with Crippen molar-refractivity contribution in [3.8, 4) is 11.5 Å². The molecule has 0 heterocycles. The molecule has 2 aromatic rings. The van der Waals surface area contributed by atoms with Crippen LogP contribution in [0, 0.1) is 0 Å². The van der Waals surface area contributed by atoms with Gasteiger partial charge in [0.05, 0.1) is 19.1 Å². The zero-order chi connectivity index (χ0) is 18.7. The van der Waals surface area contributed by atoms with E-state index in [4.69, 9.17) is 9.47 Å². The maximum absolute atomic E-state index is 13.0. The molecule has 0 saturated heterocycles. The summed E-state index contributed by atoms with van der Waals surface area (Å²) in [6.45, 7) is 0.266. The first-order valence-corrected chi connectivity index (χ1v) is 9.85. The number of hydrogen-bond acceptors (Lipinski definition) is 4. The van der Waals surface area contributed by atoms with Gasteiger partial charge in [0.2, 0.25) is 10.0 Å². The molecule has 0 unspecified atom stereocenters. The van der Waals surface area contributed by atoms with Gasteiger partial charge in [-0.1, -0.05) is 30.3 Å². The lowest BCUT2D eigenvalue weighted by Gasteiger charge is -2.22. The first-order chi connectivity index (χ1) is 12.5. The van der Waals surface area contributed by atoms with E-state index in [9.17, 15) is 8.42 Å². The molecule has 0 N–H and O–H groups in total. The summed E-state index contributed by atoms with van der Waals surface area (Å²) < 4.78 is 37.9. The quantitative estimate of drug-likeness (QED) is 0.778. The highest BCUT2D eigenvalue weighted by atomic mass is 32.2. The van der Waals surface area contributed by atoms with Crippen LogP contribution in [0.15, 0.2) is 47.4 Å². The van der Waals surface area contributed by atoms with Crippen molar-refractivity contribution in [2.24, 2.45) is 0 Å². The molecule has 5 nitrogen and oxygen atoms in total. The number of rotatable bonds is 6. The fourth-order valence-electron chi connectivity index (χ4n) is 3.13. The van der Waals surface area contributed by atoms with Gasteiger partial charge in [-0.25, -0.2) is 8.42 Å². The summed E-state index contributed by atoms with van der Waals surface area (Å²) in [5.41, 5.74) is 3.01. The standard InChI is InChI=1S/C20H23NO4S/c1-21(14-15-8-11-19(24-2)20(12-15)25-3)26(22,23)18-10-9-16-6-4-5-7-17(16)13-18/h4-8,11-13H,9-10,14H2,1-3H3. The number of benzene rings is 2. The predicted molar refractivity (Wildman–Crippen MR) is 103 cm³/mol. The lowest BCUT2D eigenvalue weighted by atomic mass is 9.98. The summed E-state index contributed by atoms with van der Waals surface area (Å²) >= 11 is 0. The topological polar surface area (TPSA) is 55.8 Å². The van der Waals surface area contributed by atoms with Crippen molar-refractivity contribution in [2.45, 2.75) is 19.4 Å². The van der Waals surface area contributed by atoms with E-state index >= 15 is 0 Å². The molecule has 138 valence electrons. The van der Waals surface area contributed by atoms with Gasteiger partial charge in [-0.05, 0) is 47.7 Å². The summed E-state index contributed by atoms with van der Waals surface area (Å²) in [5, 5.41) is 0. The SMILES string of the molecule is COc1ccc(CN(C)S(=O)(=O)C2=Cc3ccccc3CC2)cc1OC. The number of nitrogens with zero attached hydrogens (tertiary/aromatic N) is 1. The highest BCUT2D eigenvalue weighted by molar-refractivity contribution is 7.93. The largest absolute Gasteiger partial charge is 0.493 e. The molecule has 0 atom stereocenters. The lowest BCUT2D eigenvalue weighted by Crippen LogP contribution is -2.28. The fourth-order valence-corrected chi connectivity index (χ4v) is 4.49. The highest BCUT2D eigenvalue weighted by Gasteiger charge is 2.26. The van der Waals surface area contributed by atoms with Crippen LogP contribution in [0.5, 0.6) is 11.5 Å². The van der Waals surface area contributed by atoms with E-state index < -0.39 is 10.0 Å². The van der Waals surface area contributed by atoms with E-state index in [1.165, 1.54) is 9.87 Å². The van der Waals surface area contributed by atoms with Gasteiger partial charge in [0, 0.05) is 13.6 Å². The smallest absolute Gasteiger partial charge is 0.239 e. The fraction of sp³-hybridized carbons (Fsp3) is 0.300. The third-order valence-electron chi connectivity index (χ3n) is 4.61. The van der Waals surface area contributed by atoms with Crippen LogP contribution in [0.4, 0.5) is 0 Å². The average Bonchev–Trinajstić information content (AvgIpc) is 2.67. The molecule has 0 saturated carbocycles. The third kappa shape index (κ3) is 3.61. The second kappa shape index (κ2) is 7.51. The molecule has 0 spiro atoms. The van der Waals surface area contributed by atoms with Crippen LogP contribution in [0.1, 0.15) is 23.1 Å². The van der Waals surface area contributed by atoms with Crippen LogP contribution in [-0.4, -0.2) is 34.0 Å². The molecule has 0 amide bonds. The normalized spacial score (nSPS) is 13.9. The number of methoxy groups -OCH3 is 2. The number of ether oxygens (including phenoxy) is 2. The summed E-state index contributed by atoms with van der Waals surface area (Å²) in [6.07, 6.45) is 3.06.